The summed E-state index contributed by atoms with van der Waals surface area (Å²) in [6.07, 6.45) is 7.91. The number of carbonyl (C=O) groups excluding carboxylic acids is 1. The van der Waals surface area contributed by atoms with Crippen molar-refractivity contribution in [1.82, 2.24) is 19.8 Å². The highest BCUT2D eigenvalue weighted by molar-refractivity contribution is 7.91. The largest absolute Gasteiger partial charge is 0.383 e. The van der Waals surface area contributed by atoms with Gasteiger partial charge in [0.2, 0.25) is 20.9 Å². The Morgan fingerprint density at radius 1 is 1.24 bits per heavy atom. The van der Waals surface area contributed by atoms with Crippen molar-refractivity contribution in [1.29, 1.82) is 0 Å². The fourth-order valence-electron chi connectivity index (χ4n) is 4.47. The molecule has 0 unspecified atom stereocenters. The van der Waals surface area contributed by atoms with E-state index < -0.39 is 9.84 Å². The number of amides is 1. The number of nitrogens with one attached hydrogen (secondary N) is 1. The number of ether oxygens (including phenoxy) is 1. The summed E-state index contributed by atoms with van der Waals surface area (Å²) >= 11 is 0. The fourth-order valence-corrected chi connectivity index (χ4v) is 6.44. The van der Waals surface area contributed by atoms with Gasteiger partial charge < -0.3 is 14.6 Å². The Balaban J connectivity index is 1.89. The second-order valence-electron chi connectivity index (χ2n) is 8.02. The molecule has 1 saturated carbocycles. The SMILES string of the molecule is CC[C@H]1C(=O)NCCN1Cc1cnc(S(=O)(=O)C2CCCCCC2)n1CCOC. The van der Waals surface area contributed by atoms with Gasteiger partial charge in [0, 0.05) is 33.3 Å². The molecular formula is C20H34N4O4S. The average molecular weight is 427 g/mol. The first kappa shape index (κ1) is 22.2. The maximum Gasteiger partial charge on any atom is 0.237 e. The lowest BCUT2D eigenvalue weighted by Crippen LogP contribution is -2.54. The first-order chi connectivity index (χ1) is 14.0. The van der Waals surface area contributed by atoms with E-state index in [1.54, 1.807) is 17.9 Å². The van der Waals surface area contributed by atoms with Crippen LogP contribution in [0, 0.1) is 0 Å². The van der Waals surface area contributed by atoms with Gasteiger partial charge >= 0.3 is 0 Å². The van der Waals surface area contributed by atoms with Crippen LogP contribution in [0.4, 0.5) is 0 Å². The van der Waals surface area contributed by atoms with Crippen LogP contribution in [0.15, 0.2) is 11.4 Å². The van der Waals surface area contributed by atoms with Crippen LogP contribution in [0.2, 0.25) is 0 Å². The Morgan fingerprint density at radius 3 is 2.62 bits per heavy atom. The zero-order valence-electron chi connectivity index (χ0n) is 17.6. The van der Waals surface area contributed by atoms with Crippen molar-refractivity contribution < 1.29 is 17.9 Å². The van der Waals surface area contributed by atoms with Crippen LogP contribution in [0.1, 0.15) is 57.6 Å². The molecule has 0 aromatic carbocycles. The van der Waals surface area contributed by atoms with Gasteiger partial charge in [0.1, 0.15) is 0 Å². The maximum absolute atomic E-state index is 13.4. The molecule has 9 heteroatoms. The zero-order valence-corrected chi connectivity index (χ0v) is 18.4. The topological polar surface area (TPSA) is 93.5 Å². The fraction of sp³-hybridized carbons (Fsp3) is 0.800. The lowest BCUT2D eigenvalue weighted by Gasteiger charge is -2.34. The van der Waals surface area contributed by atoms with E-state index in [0.29, 0.717) is 45.5 Å². The van der Waals surface area contributed by atoms with Crippen molar-refractivity contribution in [2.75, 3.05) is 26.8 Å². The average Bonchev–Trinajstić information content (AvgIpc) is 2.91. The highest BCUT2D eigenvalue weighted by Gasteiger charge is 2.34. The summed E-state index contributed by atoms with van der Waals surface area (Å²) in [5, 5.41) is 2.71. The molecule has 2 fully saturated rings. The standard InChI is InChI=1S/C20H34N4O4S/c1-3-18-19(25)21-10-11-23(18)15-16-14-22-20(24(16)12-13-28-2)29(26,27)17-8-6-4-5-7-9-17/h14,17-18H,3-13,15H2,1-2H3,(H,21,25)/t18-/m0/s1. The lowest BCUT2D eigenvalue weighted by atomic mass is 10.1. The Labute approximate surface area is 173 Å². The van der Waals surface area contributed by atoms with E-state index in [4.69, 9.17) is 4.74 Å². The zero-order chi connectivity index (χ0) is 20.9. The van der Waals surface area contributed by atoms with Crippen molar-refractivity contribution in [2.24, 2.45) is 0 Å². The molecule has 1 atom stereocenters. The van der Waals surface area contributed by atoms with Gasteiger partial charge in [-0.3, -0.25) is 9.69 Å². The van der Waals surface area contributed by atoms with E-state index in [9.17, 15) is 13.2 Å². The van der Waals surface area contributed by atoms with Crippen molar-refractivity contribution in [3.05, 3.63) is 11.9 Å². The quantitative estimate of drug-likeness (QED) is 0.637. The minimum atomic E-state index is -3.50. The third kappa shape index (κ3) is 5.00. The van der Waals surface area contributed by atoms with E-state index in [2.05, 4.69) is 15.2 Å². The first-order valence-corrected chi connectivity index (χ1v) is 12.3. The van der Waals surface area contributed by atoms with Crippen LogP contribution < -0.4 is 5.32 Å². The molecule has 2 heterocycles. The molecular weight excluding hydrogens is 392 g/mol. The van der Waals surface area contributed by atoms with Gasteiger partial charge in [0.15, 0.2) is 0 Å². The van der Waals surface area contributed by atoms with Crippen molar-refractivity contribution in [3.8, 4) is 0 Å². The summed E-state index contributed by atoms with van der Waals surface area (Å²) in [6.45, 7) is 4.69. The first-order valence-electron chi connectivity index (χ1n) is 10.8. The number of nitrogens with zero attached hydrogens (tertiary/aromatic N) is 3. The van der Waals surface area contributed by atoms with E-state index >= 15 is 0 Å². The molecule has 2 aliphatic rings. The highest BCUT2D eigenvalue weighted by Crippen LogP contribution is 2.28. The van der Waals surface area contributed by atoms with Crippen LogP contribution >= 0.6 is 0 Å². The van der Waals surface area contributed by atoms with E-state index in [1.165, 1.54) is 0 Å². The number of piperazine rings is 1. The van der Waals surface area contributed by atoms with Crippen LogP contribution in [-0.2, 0) is 32.5 Å². The Kier molecular flexibility index (Phi) is 7.70. The number of hydrogen-bond acceptors (Lipinski definition) is 6. The number of sulfone groups is 1. The number of carbonyl (C=O) groups is 1. The molecule has 1 N–H and O–H groups in total. The van der Waals surface area contributed by atoms with Crippen LogP contribution in [0.3, 0.4) is 0 Å². The molecule has 1 saturated heterocycles. The third-order valence-electron chi connectivity index (χ3n) is 6.11. The normalized spacial score (nSPS) is 22.4. The van der Waals surface area contributed by atoms with E-state index in [-0.39, 0.29) is 22.4 Å². The predicted octanol–water partition coefficient (Wildman–Crippen LogP) is 1.74. The number of hydrogen-bond donors (Lipinski definition) is 1. The smallest absolute Gasteiger partial charge is 0.237 e. The number of aromatic nitrogens is 2. The third-order valence-corrected chi connectivity index (χ3v) is 8.29. The second-order valence-corrected chi connectivity index (χ2v) is 10.1. The van der Waals surface area contributed by atoms with Gasteiger partial charge in [-0.25, -0.2) is 13.4 Å². The minimum Gasteiger partial charge on any atom is -0.383 e. The second kappa shape index (κ2) is 10.0. The van der Waals surface area contributed by atoms with Crippen LogP contribution in [0.5, 0.6) is 0 Å². The Hall–Kier alpha value is -1.45. The summed E-state index contributed by atoms with van der Waals surface area (Å²) in [5.41, 5.74) is 0.822. The summed E-state index contributed by atoms with van der Waals surface area (Å²) in [4.78, 5) is 18.7. The monoisotopic (exact) mass is 426 g/mol. The molecule has 1 aromatic heterocycles. The molecule has 1 aromatic rings. The van der Waals surface area contributed by atoms with Crippen LogP contribution in [-0.4, -0.2) is 66.9 Å². The molecule has 1 aliphatic carbocycles. The molecule has 164 valence electrons. The molecule has 1 amide bonds. The summed E-state index contributed by atoms with van der Waals surface area (Å²) in [7, 11) is -1.89. The molecule has 3 rings (SSSR count). The molecule has 0 spiro atoms. The van der Waals surface area contributed by atoms with E-state index in [0.717, 1.165) is 37.9 Å². The summed E-state index contributed by atoms with van der Waals surface area (Å²) in [6, 6.07) is -0.198. The molecule has 29 heavy (non-hydrogen) atoms. The van der Waals surface area contributed by atoms with Crippen LogP contribution in [0.25, 0.3) is 0 Å². The van der Waals surface area contributed by atoms with Gasteiger partial charge in [-0.05, 0) is 19.3 Å². The number of imidazole rings is 1. The van der Waals surface area contributed by atoms with Crippen molar-refractivity contribution in [2.45, 2.75) is 81.4 Å². The Morgan fingerprint density at radius 2 is 1.97 bits per heavy atom. The Bertz CT molecular complexity index is 784. The van der Waals surface area contributed by atoms with Gasteiger partial charge in [-0.15, -0.1) is 0 Å². The molecule has 1 aliphatic heterocycles. The van der Waals surface area contributed by atoms with Gasteiger partial charge in [0.05, 0.1) is 29.8 Å². The minimum absolute atomic E-state index is 0.0352. The summed E-state index contributed by atoms with van der Waals surface area (Å²) < 4.78 is 33.8. The molecule has 0 radical (unpaired) electrons. The predicted molar refractivity (Wildman–Crippen MR) is 110 cm³/mol. The maximum atomic E-state index is 13.4. The molecule has 8 nitrogen and oxygen atoms in total. The lowest BCUT2D eigenvalue weighted by molar-refractivity contribution is -0.129. The summed E-state index contributed by atoms with van der Waals surface area (Å²) in [5.74, 6) is 0.0352. The van der Waals surface area contributed by atoms with Gasteiger partial charge in [-0.1, -0.05) is 32.6 Å². The highest BCUT2D eigenvalue weighted by atomic mass is 32.2. The number of rotatable bonds is 8. The van der Waals surface area contributed by atoms with E-state index in [1.807, 2.05) is 6.92 Å². The number of methoxy groups -OCH3 is 1. The van der Waals surface area contributed by atoms with Crippen molar-refractivity contribution >= 4 is 15.7 Å². The van der Waals surface area contributed by atoms with Crippen molar-refractivity contribution in [3.63, 3.8) is 0 Å². The molecule has 0 bridgehead atoms. The van der Waals surface area contributed by atoms with Gasteiger partial charge in [0.25, 0.3) is 0 Å². The van der Waals surface area contributed by atoms with Gasteiger partial charge in [-0.2, -0.15) is 0 Å².